The van der Waals surface area contributed by atoms with E-state index in [1.807, 2.05) is 0 Å². The number of hydrogen-bond donors (Lipinski definition) is 1. The van der Waals surface area contributed by atoms with E-state index in [9.17, 15) is 0 Å². The lowest BCUT2D eigenvalue weighted by molar-refractivity contribution is 0.715. The van der Waals surface area contributed by atoms with Gasteiger partial charge >= 0.3 is 0 Å². The molecule has 0 fully saturated rings. The third kappa shape index (κ3) is 2.45. The SMILES string of the molecule is CCNCc1csc(-c2sccc2C)n1. The van der Waals surface area contributed by atoms with Crippen molar-refractivity contribution in [1.82, 2.24) is 10.3 Å². The predicted octanol–water partition coefficient (Wildman–Crippen LogP) is 3.29. The Balaban J connectivity index is 2.17. The fourth-order valence-electron chi connectivity index (χ4n) is 1.34. The van der Waals surface area contributed by atoms with Crippen LogP contribution in [0.25, 0.3) is 9.88 Å². The normalized spacial score (nSPS) is 10.8. The van der Waals surface area contributed by atoms with E-state index in [4.69, 9.17) is 0 Å². The van der Waals surface area contributed by atoms with E-state index in [0.29, 0.717) is 0 Å². The summed E-state index contributed by atoms with van der Waals surface area (Å²) in [7, 11) is 0. The minimum Gasteiger partial charge on any atom is -0.311 e. The molecular formula is C11H14N2S2. The van der Waals surface area contributed by atoms with Crippen molar-refractivity contribution in [3.05, 3.63) is 28.1 Å². The minimum absolute atomic E-state index is 0.872. The van der Waals surface area contributed by atoms with E-state index < -0.39 is 0 Å². The second kappa shape index (κ2) is 4.88. The molecule has 0 unspecified atom stereocenters. The number of aromatic nitrogens is 1. The highest BCUT2D eigenvalue weighted by Crippen LogP contribution is 2.31. The van der Waals surface area contributed by atoms with Gasteiger partial charge in [0.1, 0.15) is 5.01 Å². The second-order valence-corrected chi connectivity index (χ2v) is 5.13. The molecule has 2 aromatic rings. The molecule has 2 heterocycles. The van der Waals surface area contributed by atoms with Crippen LogP contribution in [0, 0.1) is 6.92 Å². The Kier molecular flexibility index (Phi) is 3.51. The van der Waals surface area contributed by atoms with Gasteiger partial charge < -0.3 is 5.32 Å². The van der Waals surface area contributed by atoms with Crippen molar-refractivity contribution in [2.24, 2.45) is 0 Å². The van der Waals surface area contributed by atoms with Gasteiger partial charge in [0.05, 0.1) is 10.6 Å². The molecule has 0 aliphatic heterocycles. The average molecular weight is 238 g/mol. The molecule has 0 aliphatic carbocycles. The largest absolute Gasteiger partial charge is 0.311 e. The van der Waals surface area contributed by atoms with Crippen molar-refractivity contribution in [2.45, 2.75) is 20.4 Å². The smallest absolute Gasteiger partial charge is 0.133 e. The second-order valence-electron chi connectivity index (χ2n) is 3.36. The molecule has 0 aromatic carbocycles. The molecule has 4 heteroatoms. The van der Waals surface area contributed by atoms with Gasteiger partial charge in [0.15, 0.2) is 0 Å². The quantitative estimate of drug-likeness (QED) is 0.884. The lowest BCUT2D eigenvalue weighted by atomic mass is 10.3. The van der Waals surface area contributed by atoms with Gasteiger partial charge in [-0.05, 0) is 30.5 Å². The summed E-state index contributed by atoms with van der Waals surface area (Å²) in [5, 5.41) is 8.69. The highest BCUT2D eigenvalue weighted by Gasteiger charge is 2.07. The maximum Gasteiger partial charge on any atom is 0.133 e. The van der Waals surface area contributed by atoms with Gasteiger partial charge in [0, 0.05) is 11.9 Å². The summed E-state index contributed by atoms with van der Waals surface area (Å²) in [6.07, 6.45) is 0. The molecule has 2 rings (SSSR count). The fourth-order valence-corrected chi connectivity index (χ4v) is 3.26. The summed E-state index contributed by atoms with van der Waals surface area (Å²) >= 11 is 3.50. The number of rotatable bonds is 4. The first kappa shape index (κ1) is 10.8. The van der Waals surface area contributed by atoms with E-state index in [0.717, 1.165) is 23.8 Å². The molecule has 0 bridgehead atoms. The van der Waals surface area contributed by atoms with Gasteiger partial charge in [-0.1, -0.05) is 6.92 Å². The summed E-state index contributed by atoms with van der Waals surface area (Å²) in [4.78, 5) is 5.93. The lowest BCUT2D eigenvalue weighted by Crippen LogP contribution is -2.11. The number of nitrogens with zero attached hydrogens (tertiary/aromatic N) is 1. The Labute approximate surface area is 98.0 Å². The maximum atomic E-state index is 4.62. The molecule has 0 spiro atoms. The Morgan fingerprint density at radius 2 is 2.27 bits per heavy atom. The number of aryl methyl sites for hydroxylation is 1. The highest BCUT2D eigenvalue weighted by atomic mass is 32.1. The molecule has 0 amide bonds. The summed E-state index contributed by atoms with van der Waals surface area (Å²) in [5.74, 6) is 0. The van der Waals surface area contributed by atoms with Crippen LogP contribution in [0.3, 0.4) is 0 Å². The van der Waals surface area contributed by atoms with Crippen LogP contribution >= 0.6 is 22.7 Å². The summed E-state index contributed by atoms with van der Waals surface area (Å²) < 4.78 is 0. The minimum atomic E-state index is 0.872. The summed E-state index contributed by atoms with van der Waals surface area (Å²) in [6, 6.07) is 2.14. The highest BCUT2D eigenvalue weighted by molar-refractivity contribution is 7.20. The van der Waals surface area contributed by atoms with E-state index in [1.165, 1.54) is 10.4 Å². The van der Waals surface area contributed by atoms with Gasteiger partial charge in [-0.3, -0.25) is 0 Å². The zero-order valence-electron chi connectivity index (χ0n) is 8.91. The van der Waals surface area contributed by atoms with E-state index in [-0.39, 0.29) is 0 Å². The van der Waals surface area contributed by atoms with Crippen LogP contribution in [0.15, 0.2) is 16.8 Å². The van der Waals surface area contributed by atoms with Crippen molar-refractivity contribution >= 4 is 22.7 Å². The standard InChI is InChI=1S/C11H14N2S2/c1-3-12-6-9-7-15-11(13-9)10-8(2)4-5-14-10/h4-5,7,12H,3,6H2,1-2H3. The number of hydrogen-bond acceptors (Lipinski definition) is 4. The third-order valence-electron chi connectivity index (χ3n) is 2.16. The van der Waals surface area contributed by atoms with Gasteiger partial charge in [-0.15, -0.1) is 22.7 Å². The molecule has 2 nitrogen and oxygen atoms in total. The van der Waals surface area contributed by atoms with E-state index in [2.05, 4.69) is 41.0 Å². The first-order chi connectivity index (χ1) is 7.31. The number of thiophene rings is 1. The van der Waals surface area contributed by atoms with Crippen LogP contribution in [0.1, 0.15) is 18.2 Å². The molecule has 0 radical (unpaired) electrons. The molecule has 0 atom stereocenters. The zero-order chi connectivity index (χ0) is 10.7. The van der Waals surface area contributed by atoms with Crippen LogP contribution in [0.5, 0.6) is 0 Å². The molecule has 0 aliphatic rings. The predicted molar refractivity (Wildman–Crippen MR) is 67.5 cm³/mol. The Hall–Kier alpha value is -0.710. The Bertz CT molecular complexity index is 431. The van der Waals surface area contributed by atoms with Crippen molar-refractivity contribution in [3.63, 3.8) is 0 Å². The number of nitrogens with one attached hydrogen (secondary N) is 1. The molecule has 15 heavy (non-hydrogen) atoms. The number of thiazole rings is 1. The maximum absolute atomic E-state index is 4.62. The van der Waals surface area contributed by atoms with Gasteiger partial charge in [-0.2, -0.15) is 0 Å². The monoisotopic (exact) mass is 238 g/mol. The fraction of sp³-hybridized carbons (Fsp3) is 0.364. The van der Waals surface area contributed by atoms with Crippen molar-refractivity contribution < 1.29 is 0 Å². The zero-order valence-corrected chi connectivity index (χ0v) is 10.5. The van der Waals surface area contributed by atoms with Gasteiger partial charge in [0.2, 0.25) is 0 Å². The van der Waals surface area contributed by atoms with Gasteiger partial charge in [-0.25, -0.2) is 4.98 Å². The van der Waals surface area contributed by atoms with Crippen molar-refractivity contribution in [2.75, 3.05) is 6.54 Å². The topological polar surface area (TPSA) is 24.9 Å². The van der Waals surface area contributed by atoms with Crippen LogP contribution in [-0.4, -0.2) is 11.5 Å². The van der Waals surface area contributed by atoms with Crippen molar-refractivity contribution in [1.29, 1.82) is 0 Å². The van der Waals surface area contributed by atoms with Gasteiger partial charge in [0.25, 0.3) is 0 Å². The lowest BCUT2D eigenvalue weighted by Gasteiger charge is -1.96. The molecule has 1 N–H and O–H groups in total. The molecule has 2 aromatic heterocycles. The van der Waals surface area contributed by atoms with Crippen LogP contribution in [-0.2, 0) is 6.54 Å². The molecular weight excluding hydrogens is 224 g/mol. The summed E-state index contributed by atoms with van der Waals surface area (Å²) in [6.45, 7) is 6.11. The Morgan fingerprint density at radius 1 is 1.40 bits per heavy atom. The van der Waals surface area contributed by atoms with E-state index in [1.54, 1.807) is 22.7 Å². The Morgan fingerprint density at radius 3 is 2.93 bits per heavy atom. The molecule has 80 valence electrons. The van der Waals surface area contributed by atoms with Crippen LogP contribution < -0.4 is 5.32 Å². The van der Waals surface area contributed by atoms with E-state index >= 15 is 0 Å². The first-order valence-corrected chi connectivity index (χ1v) is 6.76. The average Bonchev–Trinajstić information content (AvgIpc) is 2.83. The van der Waals surface area contributed by atoms with Crippen LogP contribution in [0.2, 0.25) is 0 Å². The summed E-state index contributed by atoms with van der Waals surface area (Å²) in [5.41, 5.74) is 2.47. The molecule has 0 saturated carbocycles. The third-order valence-corrected chi connectivity index (χ3v) is 4.23. The van der Waals surface area contributed by atoms with Crippen LogP contribution in [0.4, 0.5) is 0 Å². The van der Waals surface area contributed by atoms with Crippen molar-refractivity contribution in [3.8, 4) is 9.88 Å². The first-order valence-electron chi connectivity index (χ1n) is 5.01. The molecule has 0 saturated heterocycles.